The Kier molecular flexibility index (Phi) is 6.66. The maximum absolute atomic E-state index is 13.3. The largest absolute Gasteiger partial charge is 0.489 e. The minimum absolute atomic E-state index is 0.0166. The number of amides is 1. The van der Waals surface area contributed by atoms with E-state index in [9.17, 15) is 9.18 Å². The highest BCUT2D eigenvalue weighted by Crippen LogP contribution is 2.37. The molecule has 1 aliphatic heterocycles. The van der Waals surface area contributed by atoms with Crippen LogP contribution in [0.25, 0.3) is 0 Å². The Labute approximate surface area is 178 Å². The third-order valence-corrected chi connectivity index (χ3v) is 5.08. The highest BCUT2D eigenvalue weighted by molar-refractivity contribution is 5.92. The van der Waals surface area contributed by atoms with Crippen molar-refractivity contribution in [2.75, 3.05) is 30.5 Å². The monoisotopic (exact) mass is 414 g/mol. The predicted octanol–water partition coefficient (Wildman–Crippen LogP) is 4.92. The maximum atomic E-state index is 13.3. The summed E-state index contributed by atoms with van der Waals surface area (Å²) in [5.41, 5.74) is 3.56. The summed E-state index contributed by atoms with van der Waals surface area (Å²) in [7, 11) is 1.67. The average Bonchev–Trinajstić information content (AvgIpc) is 2.82. The molecule has 2 aromatic rings. The van der Waals surface area contributed by atoms with E-state index < -0.39 is 0 Å². The summed E-state index contributed by atoms with van der Waals surface area (Å²) in [6, 6.07) is 10.4. The van der Waals surface area contributed by atoms with Gasteiger partial charge in [0.25, 0.3) is 0 Å². The molecule has 0 aromatic heterocycles. The predicted molar refractivity (Wildman–Crippen MR) is 118 cm³/mol. The first-order valence-electron chi connectivity index (χ1n) is 10.2. The highest BCUT2D eigenvalue weighted by atomic mass is 19.1. The maximum Gasteiger partial charge on any atom is 0.224 e. The van der Waals surface area contributed by atoms with Gasteiger partial charge in [-0.3, -0.25) is 4.79 Å². The number of hydrogen-bond donors (Lipinski definition) is 1. The number of ether oxygens (including phenoxy) is 2. The van der Waals surface area contributed by atoms with E-state index >= 15 is 0 Å². The number of nitrogens with one attached hydrogen (secondary N) is 1. The molecule has 5 nitrogen and oxygen atoms in total. The van der Waals surface area contributed by atoms with Gasteiger partial charge in [-0.25, -0.2) is 4.39 Å². The summed E-state index contributed by atoms with van der Waals surface area (Å²) in [5, 5.41) is 3.02. The first-order chi connectivity index (χ1) is 14.1. The molecule has 6 heteroatoms. The molecule has 1 N–H and O–H groups in total. The number of methoxy groups -OCH3 is 1. The number of benzene rings is 2. The zero-order valence-electron chi connectivity index (χ0n) is 18.4. The Bertz CT molecular complexity index is 891. The van der Waals surface area contributed by atoms with Crippen molar-refractivity contribution in [2.45, 2.75) is 46.8 Å². The number of nitrogens with zero attached hydrogens (tertiary/aromatic N) is 1. The lowest BCUT2D eigenvalue weighted by atomic mass is 9.92. The molecular formula is C24H31FN2O3. The van der Waals surface area contributed by atoms with Crippen LogP contribution in [0.3, 0.4) is 0 Å². The molecule has 0 fully saturated rings. The lowest BCUT2D eigenvalue weighted by Crippen LogP contribution is -2.34. The second-order valence-corrected chi connectivity index (χ2v) is 9.10. The van der Waals surface area contributed by atoms with Gasteiger partial charge in [0.2, 0.25) is 5.91 Å². The lowest BCUT2D eigenvalue weighted by molar-refractivity contribution is -0.117. The Morgan fingerprint density at radius 3 is 2.60 bits per heavy atom. The molecule has 1 amide bonds. The SMILES string of the molecule is COC1COc2cc(NC(=O)CC(C)(C)C)c(C)cc2N(Cc2ccc(F)cc2)C1. The van der Waals surface area contributed by atoms with Crippen molar-refractivity contribution in [1.82, 2.24) is 0 Å². The molecule has 162 valence electrons. The second kappa shape index (κ2) is 9.04. The van der Waals surface area contributed by atoms with E-state index in [1.807, 2.05) is 39.8 Å². The molecule has 2 aromatic carbocycles. The van der Waals surface area contributed by atoms with Crippen molar-refractivity contribution in [3.8, 4) is 5.75 Å². The van der Waals surface area contributed by atoms with Crippen molar-refractivity contribution in [3.63, 3.8) is 0 Å². The summed E-state index contributed by atoms with van der Waals surface area (Å²) in [6.07, 6.45) is 0.337. The Hall–Kier alpha value is -2.60. The summed E-state index contributed by atoms with van der Waals surface area (Å²) in [6.45, 7) is 9.76. The van der Waals surface area contributed by atoms with E-state index in [0.717, 1.165) is 22.5 Å². The van der Waals surface area contributed by atoms with Crippen LogP contribution in [0.15, 0.2) is 36.4 Å². The quantitative estimate of drug-likeness (QED) is 0.754. The van der Waals surface area contributed by atoms with Crippen molar-refractivity contribution >= 4 is 17.3 Å². The molecule has 0 saturated carbocycles. The summed E-state index contributed by atoms with van der Waals surface area (Å²) in [5.74, 6) is 0.435. The van der Waals surface area contributed by atoms with Gasteiger partial charge in [0, 0.05) is 38.4 Å². The van der Waals surface area contributed by atoms with Gasteiger partial charge in [0.05, 0.1) is 5.69 Å². The molecule has 3 rings (SSSR count). The minimum Gasteiger partial charge on any atom is -0.489 e. The molecule has 30 heavy (non-hydrogen) atoms. The zero-order valence-corrected chi connectivity index (χ0v) is 18.4. The van der Waals surface area contributed by atoms with Crippen LogP contribution in [0.2, 0.25) is 0 Å². The van der Waals surface area contributed by atoms with Gasteiger partial charge in [-0.1, -0.05) is 32.9 Å². The Balaban J connectivity index is 1.89. The zero-order chi connectivity index (χ0) is 21.9. The van der Waals surface area contributed by atoms with Crippen LogP contribution in [0, 0.1) is 18.2 Å². The fourth-order valence-corrected chi connectivity index (χ4v) is 3.53. The standard InChI is InChI=1S/C24H31FN2O3/c1-16-10-21-22(11-20(16)26-23(28)12-24(2,3)4)30-15-19(29-5)14-27(21)13-17-6-8-18(25)9-7-17/h6-11,19H,12-15H2,1-5H3,(H,26,28). The van der Waals surface area contributed by atoms with Gasteiger partial charge in [0.15, 0.2) is 0 Å². The van der Waals surface area contributed by atoms with Crippen molar-refractivity contribution < 1.29 is 18.7 Å². The molecular weight excluding hydrogens is 383 g/mol. The summed E-state index contributed by atoms with van der Waals surface area (Å²) in [4.78, 5) is 14.6. The lowest BCUT2D eigenvalue weighted by Gasteiger charge is -2.27. The van der Waals surface area contributed by atoms with E-state index in [1.165, 1.54) is 12.1 Å². The minimum atomic E-state index is -0.250. The fraction of sp³-hybridized carbons (Fsp3) is 0.458. The van der Waals surface area contributed by atoms with Gasteiger partial charge in [0.1, 0.15) is 24.3 Å². The van der Waals surface area contributed by atoms with Gasteiger partial charge >= 0.3 is 0 Å². The highest BCUT2D eigenvalue weighted by Gasteiger charge is 2.25. The normalized spacial score (nSPS) is 16.5. The molecule has 1 unspecified atom stereocenters. The van der Waals surface area contributed by atoms with Crippen LogP contribution < -0.4 is 15.0 Å². The van der Waals surface area contributed by atoms with Gasteiger partial charge < -0.3 is 19.7 Å². The molecule has 1 aliphatic rings. The van der Waals surface area contributed by atoms with Crippen molar-refractivity contribution in [2.24, 2.45) is 5.41 Å². The molecule has 0 spiro atoms. The number of anilines is 2. The third-order valence-electron chi connectivity index (χ3n) is 5.08. The van der Waals surface area contributed by atoms with Crippen LogP contribution in [0.1, 0.15) is 38.3 Å². The smallest absolute Gasteiger partial charge is 0.224 e. The summed E-state index contributed by atoms with van der Waals surface area (Å²) < 4.78 is 24.9. The van der Waals surface area contributed by atoms with Crippen LogP contribution >= 0.6 is 0 Å². The van der Waals surface area contributed by atoms with Gasteiger partial charge in [-0.2, -0.15) is 0 Å². The van der Waals surface area contributed by atoms with E-state index in [4.69, 9.17) is 9.47 Å². The number of halogens is 1. The number of rotatable bonds is 5. The topological polar surface area (TPSA) is 50.8 Å². The Morgan fingerprint density at radius 2 is 1.97 bits per heavy atom. The first kappa shape index (κ1) is 22.1. The Morgan fingerprint density at radius 1 is 1.27 bits per heavy atom. The van der Waals surface area contributed by atoms with E-state index in [0.29, 0.717) is 31.9 Å². The van der Waals surface area contributed by atoms with Crippen LogP contribution in [0.4, 0.5) is 15.8 Å². The number of carbonyl (C=O) groups excluding carboxylic acids is 1. The molecule has 0 radical (unpaired) electrons. The van der Waals surface area contributed by atoms with Crippen LogP contribution in [-0.4, -0.2) is 32.3 Å². The molecule has 0 bridgehead atoms. The van der Waals surface area contributed by atoms with E-state index in [2.05, 4.69) is 10.2 Å². The van der Waals surface area contributed by atoms with Crippen molar-refractivity contribution in [3.05, 3.63) is 53.3 Å². The third kappa shape index (κ3) is 5.72. The fourth-order valence-electron chi connectivity index (χ4n) is 3.53. The summed E-state index contributed by atoms with van der Waals surface area (Å²) >= 11 is 0. The first-order valence-corrected chi connectivity index (χ1v) is 10.2. The van der Waals surface area contributed by atoms with E-state index in [-0.39, 0.29) is 23.2 Å². The van der Waals surface area contributed by atoms with Crippen LogP contribution in [-0.2, 0) is 16.1 Å². The molecule has 0 aliphatic carbocycles. The average molecular weight is 415 g/mol. The number of hydrogen-bond acceptors (Lipinski definition) is 4. The number of aryl methyl sites for hydroxylation is 1. The molecule has 1 heterocycles. The van der Waals surface area contributed by atoms with Crippen LogP contribution in [0.5, 0.6) is 5.75 Å². The van der Waals surface area contributed by atoms with Gasteiger partial charge in [-0.05, 0) is 41.7 Å². The van der Waals surface area contributed by atoms with Crippen molar-refractivity contribution in [1.29, 1.82) is 0 Å². The van der Waals surface area contributed by atoms with E-state index in [1.54, 1.807) is 19.2 Å². The number of fused-ring (bicyclic) bond motifs is 1. The number of carbonyl (C=O) groups is 1. The second-order valence-electron chi connectivity index (χ2n) is 9.10. The van der Waals surface area contributed by atoms with Gasteiger partial charge in [-0.15, -0.1) is 0 Å². The molecule has 1 atom stereocenters. The molecule has 0 saturated heterocycles.